The molecule has 1 aliphatic heterocycles. The maximum Gasteiger partial charge on any atom is 0.243 e. The van der Waals surface area contributed by atoms with Crippen molar-refractivity contribution in [3.8, 4) is 11.1 Å². The number of aliphatic hydroxyl groups excluding tert-OH is 1. The summed E-state index contributed by atoms with van der Waals surface area (Å²) >= 11 is 1.56. The second-order valence-electron chi connectivity index (χ2n) is 11.1. The highest BCUT2D eigenvalue weighted by molar-refractivity contribution is 7.99. The van der Waals surface area contributed by atoms with Crippen LogP contribution in [-0.4, -0.2) is 49.2 Å². The Morgan fingerprint density at radius 3 is 2.37 bits per heavy atom. The summed E-state index contributed by atoms with van der Waals surface area (Å²) in [6.07, 6.45) is 4.04. The number of benzene rings is 3. The van der Waals surface area contributed by atoms with Gasteiger partial charge in [-0.2, -0.15) is 5.10 Å². The Balaban J connectivity index is 1.19. The largest absolute Gasteiger partial charge is 0.392 e. The number of hydrogen-bond acceptors (Lipinski definition) is 9. The van der Waals surface area contributed by atoms with Gasteiger partial charge < -0.3 is 19.9 Å². The van der Waals surface area contributed by atoms with E-state index in [4.69, 9.17) is 14.7 Å². The van der Waals surface area contributed by atoms with Crippen molar-refractivity contribution < 1.29 is 29.4 Å². The normalized spacial score (nSPS) is 17.8. The number of nitrogens with zero attached hydrogens (tertiary/aromatic N) is 2. The smallest absolute Gasteiger partial charge is 0.243 e. The van der Waals surface area contributed by atoms with Crippen molar-refractivity contribution in [3.05, 3.63) is 101 Å². The average Bonchev–Trinajstić information content (AvgIpc) is 3.63. The molecule has 3 aromatic carbocycles. The van der Waals surface area contributed by atoms with Crippen LogP contribution in [0.5, 0.6) is 0 Å². The third-order valence-corrected chi connectivity index (χ3v) is 8.79. The number of amides is 2. The number of carbonyl (C=O) groups excluding carboxylic acids is 2. The Morgan fingerprint density at radius 2 is 1.65 bits per heavy atom. The molecule has 5 rings (SSSR count). The summed E-state index contributed by atoms with van der Waals surface area (Å²) in [6, 6.07) is 24.1. The van der Waals surface area contributed by atoms with Gasteiger partial charge in [-0.15, -0.1) is 0 Å². The summed E-state index contributed by atoms with van der Waals surface area (Å²) in [6.45, 7) is 0.421. The fourth-order valence-corrected chi connectivity index (χ4v) is 6.04. The van der Waals surface area contributed by atoms with Gasteiger partial charge in [0, 0.05) is 37.1 Å². The fraction of sp³-hybridized carbons (Fsp3) is 0.353. The van der Waals surface area contributed by atoms with Crippen molar-refractivity contribution >= 4 is 23.6 Å². The van der Waals surface area contributed by atoms with Crippen LogP contribution in [0.2, 0.25) is 0 Å². The minimum absolute atomic E-state index is 0.00556. The van der Waals surface area contributed by atoms with Crippen molar-refractivity contribution in [2.75, 3.05) is 5.75 Å². The molecule has 3 atom stereocenters. The minimum Gasteiger partial charge on any atom is -0.392 e. The van der Waals surface area contributed by atoms with Crippen molar-refractivity contribution in [3.63, 3.8) is 0 Å². The number of ether oxygens (including phenoxy) is 2. The number of rotatable bonds is 15. The molecule has 46 heavy (non-hydrogen) atoms. The van der Waals surface area contributed by atoms with E-state index in [1.54, 1.807) is 17.2 Å². The molecule has 5 N–H and O–H groups in total. The van der Waals surface area contributed by atoms with Crippen LogP contribution in [0.15, 0.2) is 84.3 Å². The van der Waals surface area contributed by atoms with E-state index >= 15 is 0 Å². The Hall–Kier alpha value is -4.07. The minimum atomic E-state index is -0.556. The van der Waals surface area contributed by atoms with E-state index in [1.165, 1.54) is 6.33 Å². The van der Waals surface area contributed by atoms with E-state index in [0.29, 0.717) is 38.0 Å². The lowest BCUT2D eigenvalue weighted by Crippen LogP contribution is -2.31. The molecule has 0 radical (unpaired) electrons. The summed E-state index contributed by atoms with van der Waals surface area (Å²) in [4.78, 5) is 27.6. The van der Waals surface area contributed by atoms with Crippen LogP contribution in [0.4, 0.5) is 0 Å². The molecule has 1 saturated heterocycles. The second kappa shape index (κ2) is 17.0. The third-order valence-electron chi connectivity index (χ3n) is 7.78. The molecule has 0 spiro atoms. The van der Waals surface area contributed by atoms with Gasteiger partial charge >= 0.3 is 0 Å². The number of carbonyl (C=O) groups is 2. The van der Waals surface area contributed by atoms with Gasteiger partial charge in [0.05, 0.1) is 18.8 Å². The van der Waals surface area contributed by atoms with Crippen LogP contribution < -0.4 is 10.8 Å². The zero-order valence-corrected chi connectivity index (χ0v) is 26.2. The maximum absolute atomic E-state index is 12.3. The lowest BCUT2D eigenvalue weighted by molar-refractivity contribution is -0.245. The van der Waals surface area contributed by atoms with E-state index in [1.807, 2.05) is 54.6 Å². The molecule has 2 heterocycles. The molecular formula is C34H39N5O6S. The number of hydroxylamine groups is 1. The molecule has 0 aliphatic carbocycles. The summed E-state index contributed by atoms with van der Waals surface area (Å²) < 4.78 is 12.9. The highest BCUT2D eigenvalue weighted by Gasteiger charge is 2.32. The van der Waals surface area contributed by atoms with Crippen molar-refractivity contribution in [2.24, 2.45) is 0 Å². The Labute approximate surface area is 272 Å². The molecule has 1 fully saturated rings. The van der Waals surface area contributed by atoms with E-state index in [2.05, 4.69) is 38.7 Å². The van der Waals surface area contributed by atoms with Crippen LogP contribution in [0, 0.1) is 0 Å². The van der Waals surface area contributed by atoms with Gasteiger partial charge in [-0.1, -0.05) is 84.9 Å². The Bertz CT molecular complexity index is 1530. The number of nitrogens with one attached hydrogen (secondary N) is 3. The molecule has 1 aromatic heterocycles. The standard InChI is InChI=1S/C34H39N5O6S/c40-20-23-9-11-26(12-10-23)30-18-29(21-46-34-36-22-37-38-34)44-33(45-30)27-15-13-25(14-16-27)28-6-4-5-24(17-28)19-35-31(41)7-2-1-3-8-32(42)39-43/h4-6,9-17,22,29-30,33,40,43H,1-3,7-8,18-21H2,(H,35,41)(H,39,42)(H,36,37,38). The first kappa shape index (κ1) is 33.3. The van der Waals surface area contributed by atoms with E-state index in [0.717, 1.165) is 45.0 Å². The topological polar surface area (TPSA) is 159 Å². The van der Waals surface area contributed by atoms with Crippen molar-refractivity contribution in [1.29, 1.82) is 0 Å². The molecule has 12 heteroatoms. The number of thioether (sulfide) groups is 1. The fourth-order valence-electron chi connectivity index (χ4n) is 5.24. The zero-order valence-electron chi connectivity index (χ0n) is 25.4. The highest BCUT2D eigenvalue weighted by atomic mass is 32.2. The molecule has 2 amide bonds. The van der Waals surface area contributed by atoms with E-state index < -0.39 is 12.2 Å². The number of hydrogen-bond donors (Lipinski definition) is 5. The summed E-state index contributed by atoms with van der Waals surface area (Å²) in [5.74, 6) is 0.243. The first-order chi connectivity index (χ1) is 22.5. The Morgan fingerprint density at radius 1 is 0.891 bits per heavy atom. The highest BCUT2D eigenvalue weighted by Crippen LogP contribution is 2.39. The maximum atomic E-state index is 12.3. The number of aliphatic hydroxyl groups is 1. The van der Waals surface area contributed by atoms with Crippen molar-refractivity contribution in [1.82, 2.24) is 26.0 Å². The quantitative estimate of drug-likeness (QED) is 0.0496. The van der Waals surface area contributed by atoms with Gasteiger partial charge in [-0.25, -0.2) is 10.5 Å². The van der Waals surface area contributed by atoms with E-state index in [-0.39, 0.29) is 31.1 Å². The zero-order chi connectivity index (χ0) is 32.1. The molecule has 242 valence electrons. The average molecular weight is 646 g/mol. The molecular weight excluding hydrogens is 606 g/mol. The summed E-state index contributed by atoms with van der Waals surface area (Å²) in [5.41, 5.74) is 7.48. The van der Waals surface area contributed by atoms with Crippen LogP contribution >= 0.6 is 11.8 Å². The predicted molar refractivity (Wildman–Crippen MR) is 172 cm³/mol. The van der Waals surface area contributed by atoms with E-state index in [9.17, 15) is 14.7 Å². The summed E-state index contributed by atoms with van der Waals surface area (Å²) in [7, 11) is 0. The lowest BCUT2D eigenvalue weighted by atomic mass is 9.99. The van der Waals surface area contributed by atoms with Crippen molar-refractivity contribution in [2.45, 2.75) is 75.3 Å². The van der Waals surface area contributed by atoms with Crippen LogP contribution in [0.25, 0.3) is 11.1 Å². The van der Waals surface area contributed by atoms with Gasteiger partial charge in [-0.3, -0.25) is 19.9 Å². The van der Waals surface area contributed by atoms with Gasteiger partial charge in [-0.05, 0) is 46.7 Å². The monoisotopic (exact) mass is 645 g/mol. The van der Waals surface area contributed by atoms with Gasteiger partial charge in [0.15, 0.2) is 11.4 Å². The lowest BCUT2D eigenvalue weighted by Gasteiger charge is -2.36. The summed E-state index contributed by atoms with van der Waals surface area (Å²) in [5, 5.41) is 28.5. The van der Waals surface area contributed by atoms with Gasteiger partial charge in [0.2, 0.25) is 11.8 Å². The SMILES string of the molecule is O=C(CCCCCC(=O)NCc1cccc(-c2ccc(C3OC(CSc4ncn[nH]4)CC(c4ccc(CO)cc4)O3)cc2)c1)NO. The predicted octanol–water partition coefficient (Wildman–Crippen LogP) is 5.37. The number of aromatic amines is 1. The third kappa shape index (κ3) is 9.71. The number of H-pyrrole nitrogens is 1. The molecule has 11 nitrogen and oxygen atoms in total. The first-order valence-electron chi connectivity index (χ1n) is 15.4. The molecule has 1 aliphatic rings. The second-order valence-corrected chi connectivity index (χ2v) is 12.2. The first-order valence-corrected chi connectivity index (χ1v) is 16.4. The number of aromatic nitrogens is 3. The molecule has 4 aromatic rings. The van der Waals surface area contributed by atoms with Crippen LogP contribution in [0.1, 0.15) is 73.2 Å². The Kier molecular flexibility index (Phi) is 12.3. The molecule has 0 bridgehead atoms. The van der Waals surface area contributed by atoms with Crippen LogP contribution in [0.3, 0.4) is 0 Å². The number of unbranched alkanes of at least 4 members (excludes halogenated alkanes) is 2. The molecule has 0 saturated carbocycles. The molecule has 3 unspecified atom stereocenters. The van der Waals surface area contributed by atoms with Gasteiger partial charge in [0.25, 0.3) is 0 Å². The van der Waals surface area contributed by atoms with Gasteiger partial charge in [0.1, 0.15) is 6.33 Å². The van der Waals surface area contributed by atoms with Crippen LogP contribution in [-0.2, 0) is 32.2 Å².